The Morgan fingerprint density at radius 1 is 1.36 bits per heavy atom. The summed E-state index contributed by atoms with van der Waals surface area (Å²) in [7, 11) is 1.67. The minimum atomic E-state index is -0.286. The molecule has 2 heteroatoms. The minimum Gasteiger partial charge on any atom is -0.497 e. The molecule has 0 heterocycles. The zero-order valence-corrected chi connectivity index (χ0v) is 8.18. The van der Waals surface area contributed by atoms with Crippen LogP contribution >= 0.6 is 0 Å². The van der Waals surface area contributed by atoms with Crippen molar-refractivity contribution in [2.45, 2.75) is 18.4 Å². The number of aliphatic hydroxyl groups is 1. The monoisotopic (exact) mass is 190 g/mol. The van der Waals surface area contributed by atoms with Crippen molar-refractivity contribution in [1.82, 2.24) is 0 Å². The lowest BCUT2D eigenvalue weighted by Crippen LogP contribution is -2.00. The molecule has 2 nitrogen and oxygen atoms in total. The number of rotatable bonds is 2. The van der Waals surface area contributed by atoms with Crippen molar-refractivity contribution in [2.24, 2.45) is 0 Å². The highest BCUT2D eigenvalue weighted by atomic mass is 16.5. The van der Waals surface area contributed by atoms with Crippen molar-refractivity contribution in [3.8, 4) is 5.75 Å². The van der Waals surface area contributed by atoms with Crippen LogP contribution in [0.25, 0.3) is 0 Å². The third-order valence-electron chi connectivity index (χ3n) is 2.58. The van der Waals surface area contributed by atoms with E-state index in [-0.39, 0.29) is 6.10 Å². The SMILES string of the molecule is COc1cccc([C@@H]2C=C[C@@H](O)C2)c1. The lowest BCUT2D eigenvalue weighted by Gasteiger charge is -2.10. The average Bonchev–Trinajstić information content (AvgIpc) is 2.65. The molecule has 2 atom stereocenters. The number of hydrogen-bond donors (Lipinski definition) is 1. The molecule has 0 aliphatic heterocycles. The summed E-state index contributed by atoms with van der Waals surface area (Å²) in [5.74, 6) is 1.21. The second kappa shape index (κ2) is 3.84. The molecule has 14 heavy (non-hydrogen) atoms. The number of aliphatic hydroxyl groups excluding tert-OH is 1. The molecule has 0 amide bonds. The molecule has 0 aromatic heterocycles. The molecule has 1 aliphatic carbocycles. The largest absolute Gasteiger partial charge is 0.497 e. The number of allylic oxidation sites excluding steroid dienone is 1. The van der Waals surface area contributed by atoms with Gasteiger partial charge in [-0.2, -0.15) is 0 Å². The third kappa shape index (κ3) is 1.80. The average molecular weight is 190 g/mol. The molecule has 0 spiro atoms. The van der Waals surface area contributed by atoms with Crippen molar-refractivity contribution < 1.29 is 9.84 Å². The summed E-state index contributed by atoms with van der Waals surface area (Å²) in [5.41, 5.74) is 1.21. The molecule has 0 fully saturated rings. The molecule has 0 radical (unpaired) electrons. The quantitative estimate of drug-likeness (QED) is 0.724. The lowest BCUT2D eigenvalue weighted by atomic mass is 9.98. The van der Waals surface area contributed by atoms with Crippen LogP contribution in [-0.4, -0.2) is 18.3 Å². The molecule has 1 aromatic rings. The third-order valence-corrected chi connectivity index (χ3v) is 2.58. The first kappa shape index (κ1) is 9.28. The van der Waals surface area contributed by atoms with Crippen molar-refractivity contribution in [3.05, 3.63) is 42.0 Å². The Morgan fingerprint density at radius 2 is 2.21 bits per heavy atom. The van der Waals surface area contributed by atoms with E-state index in [1.54, 1.807) is 7.11 Å². The standard InChI is InChI=1S/C12H14O2/c1-14-12-4-2-3-9(8-12)10-5-6-11(13)7-10/h2-6,8,10-11,13H,7H2,1H3/t10-,11-/m1/s1. The van der Waals surface area contributed by atoms with Crippen molar-refractivity contribution >= 4 is 0 Å². The lowest BCUT2D eigenvalue weighted by molar-refractivity contribution is 0.218. The molecule has 0 saturated carbocycles. The molecule has 0 bridgehead atoms. The van der Waals surface area contributed by atoms with E-state index in [4.69, 9.17) is 4.74 Å². The van der Waals surface area contributed by atoms with Crippen LogP contribution in [0.4, 0.5) is 0 Å². The fourth-order valence-electron chi connectivity index (χ4n) is 1.80. The van der Waals surface area contributed by atoms with Crippen LogP contribution in [0.5, 0.6) is 5.75 Å². The van der Waals surface area contributed by atoms with Gasteiger partial charge in [0.1, 0.15) is 5.75 Å². The van der Waals surface area contributed by atoms with Crippen LogP contribution in [0.15, 0.2) is 36.4 Å². The smallest absolute Gasteiger partial charge is 0.119 e. The van der Waals surface area contributed by atoms with Gasteiger partial charge in [-0.25, -0.2) is 0 Å². The first-order valence-electron chi connectivity index (χ1n) is 4.80. The molecule has 74 valence electrons. The Balaban J connectivity index is 2.20. The molecule has 1 N–H and O–H groups in total. The highest BCUT2D eigenvalue weighted by molar-refractivity contribution is 5.34. The summed E-state index contributed by atoms with van der Waals surface area (Å²) in [5, 5.41) is 9.37. The summed E-state index contributed by atoms with van der Waals surface area (Å²) in [6.07, 6.45) is 4.41. The fraction of sp³-hybridized carbons (Fsp3) is 0.333. The zero-order valence-electron chi connectivity index (χ0n) is 8.18. The topological polar surface area (TPSA) is 29.5 Å². The highest BCUT2D eigenvalue weighted by Crippen LogP contribution is 2.30. The van der Waals surface area contributed by atoms with Crippen LogP contribution in [0, 0.1) is 0 Å². The molecular weight excluding hydrogens is 176 g/mol. The maximum atomic E-state index is 9.37. The van der Waals surface area contributed by atoms with E-state index in [0.717, 1.165) is 12.2 Å². The van der Waals surface area contributed by atoms with Gasteiger partial charge in [0.2, 0.25) is 0 Å². The van der Waals surface area contributed by atoms with Crippen LogP contribution in [0.1, 0.15) is 17.9 Å². The second-order valence-corrected chi connectivity index (χ2v) is 3.57. The number of methoxy groups -OCH3 is 1. The van der Waals surface area contributed by atoms with E-state index in [1.807, 2.05) is 24.3 Å². The Kier molecular flexibility index (Phi) is 2.55. The predicted octanol–water partition coefficient (Wildman–Crippen LogP) is 2.10. The zero-order chi connectivity index (χ0) is 9.97. The van der Waals surface area contributed by atoms with E-state index in [2.05, 4.69) is 12.1 Å². The van der Waals surface area contributed by atoms with Crippen LogP contribution < -0.4 is 4.74 Å². The number of ether oxygens (including phenoxy) is 1. The minimum absolute atomic E-state index is 0.286. The Labute approximate surface area is 83.8 Å². The number of hydrogen-bond acceptors (Lipinski definition) is 2. The first-order valence-corrected chi connectivity index (χ1v) is 4.80. The van der Waals surface area contributed by atoms with Gasteiger partial charge in [0.05, 0.1) is 13.2 Å². The number of benzene rings is 1. The molecule has 1 aliphatic rings. The van der Waals surface area contributed by atoms with Gasteiger partial charge in [0.25, 0.3) is 0 Å². The Morgan fingerprint density at radius 3 is 2.86 bits per heavy atom. The highest BCUT2D eigenvalue weighted by Gasteiger charge is 2.18. The summed E-state index contributed by atoms with van der Waals surface area (Å²) in [6, 6.07) is 7.99. The van der Waals surface area contributed by atoms with Crippen molar-refractivity contribution in [1.29, 1.82) is 0 Å². The maximum Gasteiger partial charge on any atom is 0.119 e. The normalized spacial score (nSPS) is 25.3. The predicted molar refractivity (Wildman–Crippen MR) is 55.5 cm³/mol. The molecule has 2 rings (SSSR count). The molecular formula is C12H14O2. The fourth-order valence-corrected chi connectivity index (χ4v) is 1.80. The summed E-state index contributed by atoms with van der Waals surface area (Å²) < 4.78 is 5.15. The van der Waals surface area contributed by atoms with Gasteiger partial charge < -0.3 is 9.84 Å². The van der Waals surface area contributed by atoms with Gasteiger partial charge in [0.15, 0.2) is 0 Å². The first-order chi connectivity index (χ1) is 6.79. The van der Waals surface area contributed by atoms with E-state index < -0.39 is 0 Å². The molecule has 0 saturated heterocycles. The summed E-state index contributed by atoms with van der Waals surface area (Å²) in [4.78, 5) is 0. The van der Waals surface area contributed by atoms with E-state index in [0.29, 0.717) is 5.92 Å². The van der Waals surface area contributed by atoms with Gasteiger partial charge in [-0.3, -0.25) is 0 Å². The Bertz CT molecular complexity index is 344. The Hall–Kier alpha value is -1.28. The second-order valence-electron chi connectivity index (χ2n) is 3.57. The van der Waals surface area contributed by atoms with E-state index >= 15 is 0 Å². The maximum absolute atomic E-state index is 9.37. The van der Waals surface area contributed by atoms with Crippen LogP contribution in [0.2, 0.25) is 0 Å². The summed E-state index contributed by atoms with van der Waals surface area (Å²) in [6.45, 7) is 0. The van der Waals surface area contributed by atoms with Gasteiger partial charge in [-0.05, 0) is 24.1 Å². The summed E-state index contributed by atoms with van der Waals surface area (Å²) >= 11 is 0. The van der Waals surface area contributed by atoms with E-state index in [1.165, 1.54) is 5.56 Å². The van der Waals surface area contributed by atoms with Gasteiger partial charge in [-0.15, -0.1) is 0 Å². The van der Waals surface area contributed by atoms with Crippen molar-refractivity contribution in [2.75, 3.05) is 7.11 Å². The van der Waals surface area contributed by atoms with Gasteiger partial charge >= 0.3 is 0 Å². The van der Waals surface area contributed by atoms with Crippen LogP contribution in [0.3, 0.4) is 0 Å². The van der Waals surface area contributed by atoms with Gasteiger partial charge in [-0.1, -0.05) is 24.3 Å². The molecule has 0 unspecified atom stereocenters. The van der Waals surface area contributed by atoms with E-state index in [9.17, 15) is 5.11 Å². The molecule has 1 aromatic carbocycles. The van der Waals surface area contributed by atoms with Crippen LogP contribution in [-0.2, 0) is 0 Å². The van der Waals surface area contributed by atoms with Crippen molar-refractivity contribution in [3.63, 3.8) is 0 Å². The van der Waals surface area contributed by atoms with Gasteiger partial charge in [0, 0.05) is 5.92 Å².